The molecule has 0 N–H and O–H groups in total. The molecular formula is C50H29N5. The summed E-state index contributed by atoms with van der Waals surface area (Å²) in [5.74, 6) is 0. The fraction of sp³-hybridized carbons (Fsp3) is 0. The molecule has 0 saturated carbocycles. The maximum Gasteiger partial charge on any atom is 0.0998 e. The molecule has 0 atom stereocenters. The van der Waals surface area contributed by atoms with Gasteiger partial charge >= 0.3 is 0 Å². The summed E-state index contributed by atoms with van der Waals surface area (Å²) in [6.07, 6.45) is 0. The van der Waals surface area contributed by atoms with Crippen LogP contribution in [0.25, 0.3) is 93.6 Å². The summed E-state index contributed by atoms with van der Waals surface area (Å²) in [4.78, 5) is 0. The molecule has 0 aliphatic rings. The van der Waals surface area contributed by atoms with Crippen LogP contribution in [-0.2, 0) is 0 Å². The van der Waals surface area contributed by atoms with Crippen LogP contribution in [-0.4, -0.2) is 13.7 Å². The maximum atomic E-state index is 10.4. The molecule has 0 spiro atoms. The molecule has 0 bridgehead atoms. The topological polar surface area (TPSA) is 62.4 Å². The van der Waals surface area contributed by atoms with E-state index in [1.54, 1.807) is 0 Å². The number of aromatic nitrogens is 3. The number of benzene rings is 8. The second-order valence-electron chi connectivity index (χ2n) is 14.0. The molecule has 8 aromatic carbocycles. The van der Waals surface area contributed by atoms with Crippen LogP contribution in [0.3, 0.4) is 0 Å². The van der Waals surface area contributed by atoms with Crippen molar-refractivity contribution in [3.05, 3.63) is 187 Å². The Morgan fingerprint density at radius 3 is 1.29 bits per heavy atom. The highest BCUT2D eigenvalue weighted by Gasteiger charge is 2.18. The Morgan fingerprint density at radius 2 is 0.745 bits per heavy atom. The van der Waals surface area contributed by atoms with Crippen molar-refractivity contribution in [2.24, 2.45) is 0 Å². The number of fused-ring (bicyclic) bond motifs is 9. The highest BCUT2D eigenvalue weighted by atomic mass is 15.0. The van der Waals surface area contributed by atoms with Gasteiger partial charge in [0.15, 0.2) is 0 Å². The van der Waals surface area contributed by atoms with E-state index in [0.29, 0.717) is 11.1 Å². The van der Waals surface area contributed by atoms with E-state index in [2.05, 4.69) is 165 Å². The molecule has 0 saturated heterocycles. The smallest absolute Gasteiger partial charge is 0.0998 e. The van der Waals surface area contributed by atoms with Crippen LogP contribution in [0.5, 0.6) is 0 Å². The van der Waals surface area contributed by atoms with Gasteiger partial charge in [-0.05, 0) is 84.4 Å². The first kappa shape index (κ1) is 30.7. The van der Waals surface area contributed by atoms with Crippen molar-refractivity contribution in [3.63, 3.8) is 0 Å². The largest absolute Gasteiger partial charge is 0.309 e. The SMILES string of the molecule is N#Cc1ccc2c3ccccc3n(-c3ccc(-c4cc(-n5c6ccccc6c6ccc(-n7c8ccccc8c8ccccc87)cc65)ccc4C#N)cc3)c2c1. The highest BCUT2D eigenvalue weighted by molar-refractivity contribution is 6.12. The minimum atomic E-state index is 0.610. The summed E-state index contributed by atoms with van der Waals surface area (Å²) in [5.41, 5.74) is 12.7. The quantitative estimate of drug-likeness (QED) is 0.184. The molecule has 5 nitrogen and oxygen atoms in total. The number of para-hydroxylation sites is 4. The normalized spacial score (nSPS) is 11.6. The Bertz CT molecular complexity index is 3400. The predicted octanol–water partition coefficient (Wildman–Crippen LogP) is 12.4. The number of nitriles is 2. The van der Waals surface area contributed by atoms with E-state index in [0.717, 1.165) is 61.0 Å². The summed E-state index contributed by atoms with van der Waals surface area (Å²) < 4.78 is 6.89. The summed E-state index contributed by atoms with van der Waals surface area (Å²) in [7, 11) is 0. The number of hydrogen-bond donors (Lipinski definition) is 0. The second kappa shape index (κ2) is 11.8. The highest BCUT2D eigenvalue weighted by Crippen LogP contribution is 2.39. The first-order chi connectivity index (χ1) is 27.2. The molecular weight excluding hydrogens is 671 g/mol. The predicted molar refractivity (Wildman–Crippen MR) is 224 cm³/mol. The van der Waals surface area contributed by atoms with Gasteiger partial charge in [-0.3, -0.25) is 0 Å². The van der Waals surface area contributed by atoms with E-state index in [1.165, 1.54) is 32.6 Å². The number of rotatable bonds is 4. The van der Waals surface area contributed by atoms with Gasteiger partial charge in [0, 0.05) is 54.9 Å². The Kier molecular flexibility index (Phi) is 6.61. The summed E-state index contributed by atoms with van der Waals surface area (Å²) >= 11 is 0. The molecule has 55 heavy (non-hydrogen) atoms. The molecule has 0 fully saturated rings. The van der Waals surface area contributed by atoms with Crippen molar-refractivity contribution in [1.29, 1.82) is 10.5 Å². The van der Waals surface area contributed by atoms with Crippen LogP contribution in [0.15, 0.2) is 176 Å². The summed E-state index contributed by atoms with van der Waals surface area (Å²) in [6.45, 7) is 0. The Labute approximate surface area is 316 Å². The molecule has 0 aliphatic heterocycles. The summed E-state index contributed by atoms with van der Waals surface area (Å²) in [5, 5.41) is 27.1. The zero-order chi connectivity index (χ0) is 36.6. The molecule has 0 amide bonds. The molecule has 254 valence electrons. The van der Waals surface area contributed by atoms with E-state index in [4.69, 9.17) is 0 Å². The van der Waals surface area contributed by atoms with E-state index < -0.39 is 0 Å². The molecule has 11 aromatic rings. The maximum absolute atomic E-state index is 10.4. The van der Waals surface area contributed by atoms with E-state index >= 15 is 0 Å². The van der Waals surface area contributed by atoms with Gasteiger partial charge in [0.1, 0.15) is 0 Å². The molecule has 0 unspecified atom stereocenters. The van der Waals surface area contributed by atoms with Crippen molar-refractivity contribution >= 4 is 65.4 Å². The lowest BCUT2D eigenvalue weighted by molar-refractivity contribution is 1.15. The van der Waals surface area contributed by atoms with Gasteiger partial charge in [-0.25, -0.2) is 0 Å². The van der Waals surface area contributed by atoms with E-state index in [1.807, 2.05) is 36.4 Å². The van der Waals surface area contributed by atoms with Crippen molar-refractivity contribution in [1.82, 2.24) is 13.7 Å². The van der Waals surface area contributed by atoms with Crippen LogP contribution in [0, 0.1) is 22.7 Å². The lowest BCUT2D eigenvalue weighted by Crippen LogP contribution is -1.98. The first-order valence-electron chi connectivity index (χ1n) is 18.3. The van der Waals surface area contributed by atoms with Crippen molar-refractivity contribution in [2.45, 2.75) is 0 Å². The monoisotopic (exact) mass is 699 g/mol. The molecule has 11 rings (SSSR count). The van der Waals surface area contributed by atoms with Gasteiger partial charge in [0.2, 0.25) is 0 Å². The minimum Gasteiger partial charge on any atom is -0.309 e. The molecule has 3 heterocycles. The lowest BCUT2D eigenvalue weighted by atomic mass is 9.99. The average molecular weight is 700 g/mol. The van der Waals surface area contributed by atoms with E-state index in [9.17, 15) is 10.5 Å². The standard InChI is InChI=1S/C50H29N5/c51-30-32-17-25-42-40-11-3-5-13-45(40)53(49(42)27-32)35-21-18-33(19-22-35)44-28-36(23-20-34(44)31-52)55-48-16-8-4-12-41(48)43-26-24-37(29-50(43)55)54-46-14-6-1-9-38(46)39-10-2-7-15-47(39)54/h1-29H. The van der Waals surface area contributed by atoms with Gasteiger partial charge in [0.05, 0.1) is 56.4 Å². The van der Waals surface area contributed by atoms with Crippen molar-refractivity contribution < 1.29 is 0 Å². The van der Waals surface area contributed by atoms with Gasteiger partial charge < -0.3 is 13.7 Å². The zero-order valence-corrected chi connectivity index (χ0v) is 29.5. The second-order valence-corrected chi connectivity index (χ2v) is 14.0. The number of nitrogens with zero attached hydrogens (tertiary/aromatic N) is 5. The van der Waals surface area contributed by atoms with Crippen LogP contribution in [0.4, 0.5) is 0 Å². The van der Waals surface area contributed by atoms with Crippen LogP contribution >= 0.6 is 0 Å². The third kappa shape index (κ3) is 4.51. The van der Waals surface area contributed by atoms with Gasteiger partial charge in [-0.2, -0.15) is 10.5 Å². The Balaban J connectivity index is 1.09. The number of hydrogen-bond acceptors (Lipinski definition) is 2. The average Bonchev–Trinajstić information content (AvgIpc) is 3.88. The lowest BCUT2D eigenvalue weighted by Gasteiger charge is -2.14. The third-order valence-electron chi connectivity index (χ3n) is 11.1. The van der Waals surface area contributed by atoms with Gasteiger partial charge in [0.25, 0.3) is 0 Å². The van der Waals surface area contributed by atoms with Crippen molar-refractivity contribution in [3.8, 4) is 40.3 Å². The van der Waals surface area contributed by atoms with Gasteiger partial charge in [-0.1, -0.05) is 97.1 Å². The molecule has 0 aliphatic carbocycles. The van der Waals surface area contributed by atoms with E-state index in [-0.39, 0.29) is 0 Å². The Hall–Kier alpha value is -7.86. The van der Waals surface area contributed by atoms with Crippen molar-refractivity contribution in [2.75, 3.05) is 0 Å². The van der Waals surface area contributed by atoms with Gasteiger partial charge in [-0.15, -0.1) is 0 Å². The zero-order valence-electron chi connectivity index (χ0n) is 29.5. The summed E-state index contributed by atoms with van der Waals surface area (Å²) in [6, 6.07) is 66.0. The molecule has 5 heteroatoms. The minimum absolute atomic E-state index is 0.610. The molecule has 0 radical (unpaired) electrons. The van der Waals surface area contributed by atoms with Crippen LogP contribution < -0.4 is 0 Å². The third-order valence-corrected chi connectivity index (χ3v) is 11.1. The first-order valence-corrected chi connectivity index (χ1v) is 18.3. The fourth-order valence-electron chi connectivity index (χ4n) is 8.69. The fourth-order valence-corrected chi connectivity index (χ4v) is 8.69. The Morgan fingerprint density at radius 1 is 0.327 bits per heavy atom. The van der Waals surface area contributed by atoms with Crippen LogP contribution in [0.1, 0.15) is 11.1 Å². The van der Waals surface area contributed by atoms with Crippen LogP contribution in [0.2, 0.25) is 0 Å². The molecule has 3 aromatic heterocycles.